The maximum Gasteiger partial charge on any atom is 0.0933 e. The Balaban J connectivity index is 2.32. The van der Waals surface area contributed by atoms with E-state index < -0.39 is 0 Å². The van der Waals surface area contributed by atoms with E-state index in [0.29, 0.717) is 6.61 Å². The van der Waals surface area contributed by atoms with E-state index in [2.05, 4.69) is 12.1 Å². The number of hydrogen-bond donors (Lipinski definition) is 1. The molecule has 14 heavy (non-hydrogen) atoms. The third-order valence-corrected chi connectivity index (χ3v) is 1.93. The van der Waals surface area contributed by atoms with Crippen molar-refractivity contribution in [1.82, 2.24) is 5.48 Å². The van der Waals surface area contributed by atoms with Gasteiger partial charge in [0.1, 0.15) is 0 Å². The van der Waals surface area contributed by atoms with E-state index in [1.807, 2.05) is 50.3 Å². The Kier molecular flexibility index (Phi) is 3.86. The van der Waals surface area contributed by atoms with Crippen molar-refractivity contribution in [1.29, 1.82) is 0 Å². The maximum absolute atomic E-state index is 5.35. The number of hydroxylamine groups is 1. The van der Waals surface area contributed by atoms with Crippen LogP contribution < -0.4 is 5.48 Å². The molecule has 1 aromatic rings. The van der Waals surface area contributed by atoms with Crippen molar-refractivity contribution in [3.63, 3.8) is 0 Å². The van der Waals surface area contributed by atoms with Crippen LogP contribution in [0.5, 0.6) is 0 Å². The average Bonchev–Trinajstić information content (AvgIpc) is 2.19. The van der Waals surface area contributed by atoms with Gasteiger partial charge in [0, 0.05) is 0 Å². The van der Waals surface area contributed by atoms with Crippen LogP contribution in [0.3, 0.4) is 0 Å². The molecule has 0 aliphatic heterocycles. The number of hydrogen-bond acceptors (Lipinski definition) is 2. The van der Waals surface area contributed by atoms with Gasteiger partial charge in [-0.15, -0.1) is 6.58 Å². The molecule has 0 unspecified atom stereocenters. The van der Waals surface area contributed by atoms with Gasteiger partial charge in [-0.2, -0.15) is 5.48 Å². The monoisotopic (exact) mass is 191 g/mol. The quantitative estimate of drug-likeness (QED) is 0.570. The lowest BCUT2D eigenvalue weighted by atomic mass is 10.1. The van der Waals surface area contributed by atoms with Gasteiger partial charge >= 0.3 is 0 Å². The summed E-state index contributed by atoms with van der Waals surface area (Å²) in [7, 11) is 0. The van der Waals surface area contributed by atoms with Crippen molar-refractivity contribution < 1.29 is 4.84 Å². The second-order valence-electron chi connectivity index (χ2n) is 3.80. The van der Waals surface area contributed by atoms with Crippen molar-refractivity contribution in [2.24, 2.45) is 0 Å². The largest absolute Gasteiger partial charge is 0.296 e. The zero-order chi connectivity index (χ0) is 10.4. The third-order valence-electron chi connectivity index (χ3n) is 1.93. The lowest BCUT2D eigenvalue weighted by molar-refractivity contribution is -0.00877. The maximum atomic E-state index is 5.35. The molecule has 1 aromatic carbocycles. The van der Waals surface area contributed by atoms with Gasteiger partial charge in [0.2, 0.25) is 0 Å². The first-order valence-electron chi connectivity index (χ1n) is 4.70. The minimum Gasteiger partial charge on any atom is -0.296 e. The molecule has 76 valence electrons. The van der Waals surface area contributed by atoms with Gasteiger partial charge in [0.05, 0.1) is 12.1 Å². The highest BCUT2D eigenvalue weighted by Gasteiger charge is 2.11. The molecular weight excluding hydrogens is 174 g/mol. The normalized spacial score (nSPS) is 11.3. The highest BCUT2D eigenvalue weighted by molar-refractivity contribution is 5.13. The van der Waals surface area contributed by atoms with Gasteiger partial charge in [-0.25, -0.2) is 0 Å². The number of nitrogens with one attached hydrogen (secondary N) is 1. The Morgan fingerprint density at radius 2 is 2.00 bits per heavy atom. The summed E-state index contributed by atoms with van der Waals surface area (Å²) < 4.78 is 0. The summed E-state index contributed by atoms with van der Waals surface area (Å²) in [5, 5.41) is 0. The van der Waals surface area contributed by atoms with Crippen molar-refractivity contribution in [3.05, 3.63) is 48.6 Å². The Bertz CT molecular complexity index is 280. The SMILES string of the molecule is C=CC(C)(C)NOCc1ccccc1. The van der Waals surface area contributed by atoms with Crippen LogP contribution in [0, 0.1) is 0 Å². The highest BCUT2D eigenvalue weighted by atomic mass is 16.6. The van der Waals surface area contributed by atoms with Crippen molar-refractivity contribution >= 4 is 0 Å². The molecule has 0 amide bonds. The summed E-state index contributed by atoms with van der Waals surface area (Å²) in [6.07, 6.45) is 1.82. The fourth-order valence-corrected chi connectivity index (χ4v) is 0.921. The molecule has 2 nitrogen and oxygen atoms in total. The van der Waals surface area contributed by atoms with Crippen molar-refractivity contribution in [2.45, 2.75) is 26.0 Å². The minimum atomic E-state index is -0.186. The van der Waals surface area contributed by atoms with Gasteiger partial charge < -0.3 is 0 Å². The second kappa shape index (κ2) is 4.94. The summed E-state index contributed by atoms with van der Waals surface area (Å²) in [6, 6.07) is 10.0. The predicted molar refractivity (Wildman–Crippen MR) is 58.6 cm³/mol. The fourth-order valence-electron chi connectivity index (χ4n) is 0.921. The molecule has 2 heteroatoms. The number of benzene rings is 1. The van der Waals surface area contributed by atoms with Gasteiger partial charge in [-0.3, -0.25) is 4.84 Å². The summed E-state index contributed by atoms with van der Waals surface area (Å²) in [5.41, 5.74) is 3.91. The van der Waals surface area contributed by atoms with E-state index in [0.717, 1.165) is 5.56 Å². The van der Waals surface area contributed by atoms with Crippen molar-refractivity contribution in [3.8, 4) is 0 Å². The molecule has 0 aliphatic rings. The molecule has 0 radical (unpaired) electrons. The van der Waals surface area contributed by atoms with Gasteiger partial charge in [0.15, 0.2) is 0 Å². The van der Waals surface area contributed by atoms with E-state index in [-0.39, 0.29) is 5.54 Å². The predicted octanol–water partition coefficient (Wildman–Crippen LogP) is 2.67. The van der Waals surface area contributed by atoms with Crippen LogP contribution in [0.25, 0.3) is 0 Å². The zero-order valence-electron chi connectivity index (χ0n) is 8.79. The van der Waals surface area contributed by atoms with Crippen LogP contribution >= 0.6 is 0 Å². The van der Waals surface area contributed by atoms with Crippen LogP contribution in [0.2, 0.25) is 0 Å². The average molecular weight is 191 g/mol. The topological polar surface area (TPSA) is 21.3 Å². The van der Waals surface area contributed by atoms with E-state index in [1.54, 1.807) is 0 Å². The molecule has 0 saturated carbocycles. The smallest absolute Gasteiger partial charge is 0.0933 e. The Labute approximate surface area is 85.5 Å². The van der Waals surface area contributed by atoms with E-state index in [1.165, 1.54) is 0 Å². The lowest BCUT2D eigenvalue weighted by Gasteiger charge is -2.20. The molecule has 0 heterocycles. The van der Waals surface area contributed by atoms with E-state index >= 15 is 0 Å². The van der Waals surface area contributed by atoms with Gasteiger partial charge in [-0.1, -0.05) is 36.4 Å². The minimum absolute atomic E-state index is 0.186. The van der Waals surface area contributed by atoms with Crippen LogP contribution in [0.1, 0.15) is 19.4 Å². The van der Waals surface area contributed by atoms with Crippen LogP contribution in [0.15, 0.2) is 43.0 Å². The van der Waals surface area contributed by atoms with Crippen molar-refractivity contribution in [2.75, 3.05) is 0 Å². The Morgan fingerprint density at radius 1 is 1.36 bits per heavy atom. The molecule has 0 aromatic heterocycles. The first kappa shape index (κ1) is 11.0. The zero-order valence-corrected chi connectivity index (χ0v) is 8.79. The molecule has 0 atom stereocenters. The summed E-state index contributed by atoms with van der Waals surface area (Å²) >= 11 is 0. The van der Waals surface area contributed by atoms with Gasteiger partial charge in [0.25, 0.3) is 0 Å². The first-order valence-corrected chi connectivity index (χ1v) is 4.70. The molecule has 0 aliphatic carbocycles. The van der Waals surface area contributed by atoms with E-state index in [9.17, 15) is 0 Å². The first-order chi connectivity index (χ1) is 6.64. The van der Waals surface area contributed by atoms with Crippen LogP contribution in [0.4, 0.5) is 0 Å². The molecule has 0 bridgehead atoms. The molecule has 0 fully saturated rings. The highest BCUT2D eigenvalue weighted by Crippen LogP contribution is 2.04. The van der Waals surface area contributed by atoms with Crippen LogP contribution in [-0.2, 0) is 11.4 Å². The molecule has 1 rings (SSSR count). The summed E-state index contributed by atoms with van der Waals surface area (Å²) in [4.78, 5) is 5.35. The summed E-state index contributed by atoms with van der Waals surface area (Å²) in [5.74, 6) is 0. The third kappa shape index (κ3) is 3.73. The number of rotatable bonds is 5. The summed E-state index contributed by atoms with van der Waals surface area (Å²) in [6.45, 7) is 8.29. The lowest BCUT2D eigenvalue weighted by Crippen LogP contribution is -2.36. The molecule has 1 N–H and O–H groups in total. The Morgan fingerprint density at radius 3 is 2.57 bits per heavy atom. The molecule has 0 spiro atoms. The van der Waals surface area contributed by atoms with Crippen LogP contribution in [-0.4, -0.2) is 5.54 Å². The second-order valence-corrected chi connectivity index (χ2v) is 3.80. The standard InChI is InChI=1S/C12H17NO/c1-4-12(2,3)13-14-10-11-8-6-5-7-9-11/h4-9,13H,1,10H2,2-3H3. The molecular formula is C12H17NO. The van der Waals surface area contributed by atoms with E-state index in [4.69, 9.17) is 4.84 Å². The van der Waals surface area contributed by atoms with Gasteiger partial charge in [-0.05, 0) is 19.4 Å². The fraction of sp³-hybridized carbons (Fsp3) is 0.333. The molecule has 0 saturated heterocycles. The Hall–Kier alpha value is -1.12.